The number of nitrogens with zero attached hydrogens (tertiary/aromatic N) is 2. The standard InChI is InChI=1S/C21H19N3O3/c1-3-13-24-21(26)18-8-6-5-7-17(18)19(23-24)14-22-20(25)15-9-11-16(12-10-15)27-4-2/h1,5-12H,4,13-14H2,2H3,(H,22,25). The van der Waals surface area contributed by atoms with Gasteiger partial charge >= 0.3 is 0 Å². The molecule has 0 atom stereocenters. The molecule has 2 aromatic carbocycles. The predicted octanol–water partition coefficient (Wildman–Crippen LogP) is 2.36. The van der Waals surface area contributed by atoms with E-state index in [9.17, 15) is 9.59 Å². The van der Waals surface area contributed by atoms with Crippen molar-refractivity contribution in [3.05, 3.63) is 70.1 Å². The molecule has 27 heavy (non-hydrogen) atoms. The highest BCUT2D eigenvalue weighted by Gasteiger charge is 2.12. The molecular weight excluding hydrogens is 342 g/mol. The van der Waals surface area contributed by atoms with Crippen molar-refractivity contribution in [3.63, 3.8) is 0 Å². The highest BCUT2D eigenvalue weighted by atomic mass is 16.5. The zero-order valence-corrected chi connectivity index (χ0v) is 14.9. The highest BCUT2D eigenvalue weighted by molar-refractivity contribution is 5.94. The molecule has 136 valence electrons. The van der Waals surface area contributed by atoms with Crippen molar-refractivity contribution in [1.82, 2.24) is 15.1 Å². The lowest BCUT2D eigenvalue weighted by molar-refractivity contribution is 0.0950. The van der Waals surface area contributed by atoms with Crippen molar-refractivity contribution in [2.45, 2.75) is 20.0 Å². The van der Waals surface area contributed by atoms with Crippen LogP contribution in [0.15, 0.2) is 53.3 Å². The Bertz CT molecular complexity index is 1060. The SMILES string of the molecule is C#CCn1nc(CNC(=O)c2ccc(OCC)cc2)c2ccccc2c1=O. The minimum atomic E-state index is -0.245. The molecule has 1 amide bonds. The molecule has 0 unspecified atom stereocenters. The van der Waals surface area contributed by atoms with Gasteiger partial charge in [-0.2, -0.15) is 5.10 Å². The second kappa shape index (κ2) is 8.19. The van der Waals surface area contributed by atoms with Gasteiger partial charge in [0, 0.05) is 10.9 Å². The van der Waals surface area contributed by atoms with E-state index in [1.165, 1.54) is 4.68 Å². The lowest BCUT2D eigenvalue weighted by Crippen LogP contribution is -2.28. The van der Waals surface area contributed by atoms with Gasteiger partial charge in [0.1, 0.15) is 12.3 Å². The second-order valence-electron chi connectivity index (χ2n) is 5.80. The number of carbonyl (C=O) groups is 1. The van der Waals surface area contributed by atoms with Crippen LogP contribution in [0.2, 0.25) is 0 Å². The molecule has 6 heteroatoms. The summed E-state index contributed by atoms with van der Waals surface area (Å²) in [4.78, 5) is 24.8. The van der Waals surface area contributed by atoms with Gasteiger partial charge in [-0.25, -0.2) is 4.68 Å². The average Bonchev–Trinajstić information content (AvgIpc) is 2.70. The van der Waals surface area contributed by atoms with Gasteiger partial charge in [0.05, 0.1) is 24.2 Å². The molecule has 0 saturated carbocycles. The smallest absolute Gasteiger partial charge is 0.275 e. The fourth-order valence-corrected chi connectivity index (χ4v) is 2.76. The van der Waals surface area contributed by atoms with Crippen LogP contribution in [-0.4, -0.2) is 22.3 Å². The molecule has 0 aliphatic heterocycles. The lowest BCUT2D eigenvalue weighted by Gasteiger charge is -2.11. The maximum absolute atomic E-state index is 12.4. The van der Waals surface area contributed by atoms with Crippen LogP contribution in [0.25, 0.3) is 10.8 Å². The van der Waals surface area contributed by atoms with E-state index in [1.54, 1.807) is 36.4 Å². The summed E-state index contributed by atoms with van der Waals surface area (Å²) in [6.07, 6.45) is 5.33. The molecule has 3 rings (SSSR count). The minimum Gasteiger partial charge on any atom is -0.494 e. The quantitative estimate of drug-likeness (QED) is 0.684. The summed E-state index contributed by atoms with van der Waals surface area (Å²) in [6, 6.07) is 14.0. The molecule has 0 saturated heterocycles. The van der Waals surface area contributed by atoms with E-state index in [2.05, 4.69) is 16.3 Å². The number of fused-ring (bicyclic) bond motifs is 1. The van der Waals surface area contributed by atoms with E-state index in [1.807, 2.05) is 19.1 Å². The number of amides is 1. The van der Waals surface area contributed by atoms with Crippen molar-refractivity contribution in [3.8, 4) is 18.1 Å². The number of nitrogens with one attached hydrogen (secondary N) is 1. The summed E-state index contributed by atoms with van der Waals surface area (Å²) in [5.41, 5.74) is 0.851. The highest BCUT2D eigenvalue weighted by Crippen LogP contribution is 2.14. The molecule has 0 aliphatic carbocycles. The molecule has 1 N–H and O–H groups in total. The van der Waals surface area contributed by atoms with E-state index < -0.39 is 0 Å². The first-order valence-electron chi connectivity index (χ1n) is 8.57. The first-order chi connectivity index (χ1) is 13.1. The average molecular weight is 361 g/mol. The Kier molecular flexibility index (Phi) is 5.53. The molecule has 1 aromatic heterocycles. The Labute approximate surface area is 156 Å². The summed E-state index contributed by atoms with van der Waals surface area (Å²) in [5.74, 6) is 2.90. The Morgan fingerprint density at radius 2 is 1.89 bits per heavy atom. The van der Waals surface area contributed by atoms with Crippen LogP contribution >= 0.6 is 0 Å². The molecular formula is C21H19N3O3. The third-order valence-electron chi connectivity index (χ3n) is 4.03. The Balaban J connectivity index is 1.84. The van der Waals surface area contributed by atoms with Crippen LogP contribution < -0.4 is 15.6 Å². The second-order valence-corrected chi connectivity index (χ2v) is 5.80. The zero-order valence-electron chi connectivity index (χ0n) is 14.9. The number of rotatable bonds is 6. The van der Waals surface area contributed by atoms with Gasteiger partial charge in [0.25, 0.3) is 11.5 Å². The molecule has 6 nitrogen and oxygen atoms in total. The van der Waals surface area contributed by atoms with E-state index in [4.69, 9.17) is 11.2 Å². The van der Waals surface area contributed by atoms with Crippen molar-refractivity contribution in [2.24, 2.45) is 0 Å². The fraction of sp³-hybridized carbons (Fsp3) is 0.190. The van der Waals surface area contributed by atoms with Crippen molar-refractivity contribution in [1.29, 1.82) is 0 Å². The van der Waals surface area contributed by atoms with Gasteiger partial charge in [-0.3, -0.25) is 9.59 Å². The van der Waals surface area contributed by atoms with E-state index in [0.29, 0.717) is 34.4 Å². The van der Waals surface area contributed by atoms with Crippen LogP contribution in [0.3, 0.4) is 0 Å². The van der Waals surface area contributed by atoms with Gasteiger partial charge in [-0.05, 0) is 37.3 Å². The lowest BCUT2D eigenvalue weighted by atomic mass is 10.1. The Hall–Kier alpha value is -3.59. The number of terminal acetylenes is 1. The summed E-state index contributed by atoms with van der Waals surface area (Å²) < 4.78 is 6.61. The summed E-state index contributed by atoms with van der Waals surface area (Å²) in [5, 5.41) is 8.38. The topological polar surface area (TPSA) is 73.2 Å². The van der Waals surface area contributed by atoms with Crippen molar-refractivity contribution < 1.29 is 9.53 Å². The third-order valence-corrected chi connectivity index (χ3v) is 4.03. The maximum Gasteiger partial charge on any atom is 0.275 e. The van der Waals surface area contributed by atoms with Crippen molar-refractivity contribution in [2.75, 3.05) is 6.61 Å². The largest absolute Gasteiger partial charge is 0.494 e. The molecule has 0 spiro atoms. The van der Waals surface area contributed by atoms with Crippen LogP contribution in [0, 0.1) is 12.3 Å². The van der Waals surface area contributed by atoms with E-state index in [0.717, 1.165) is 0 Å². The van der Waals surface area contributed by atoms with E-state index in [-0.39, 0.29) is 24.6 Å². The molecule has 0 radical (unpaired) electrons. The van der Waals surface area contributed by atoms with Crippen LogP contribution in [0.5, 0.6) is 5.75 Å². The van der Waals surface area contributed by atoms with Gasteiger partial charge in [0.15, 0.2) is 0 Å². The summed E-state index contributed by atoms with van der Waals surface area (Å²) >= 11 is 0. The maximum atomic E-state index is 12.4. The number of benzene rings is 2. The normalized spacial score (nSPS) is 10.4. The van der Waals surface area contributed by atoms with Crippen LogP contribution in [-0.2, 0) is 13.1 Å². The molecule has 1 heterocycles. The van der Waals surface area contributed by atoms with Gasteiger partial charge in [-0.15, -0.1) is 6.42 Å². The molecule has 3 aromatic rings. The fourth-order valence-electron chi connectivity index (χ4n) is 2.76. The molecule has 0 aliphatic rings. The number of ether oxygens (including phenoxy) is 1. The molecule has 0 bridgehead atoms. The number of hydrogen-bond donors (Lipinski definition) is 1. The summed E-state index contributed by atoms with van der Waals surface area (Å²) in [6.45, 7) is 2.72. The first kappa shape index (κ1) is 18.2. The minimum absolute atomic E-state index is 0.0729. The van der Waals surface area contributed by atoms with Gasteiger partial charge in [0.2, 0.25) is 0 Å². The monoisotopic (exact) mass is 361 g/mol. The van der Waals surface area contributed by atoms with Crippen molar-refractivity contribution >= 4 is 16.7 Å². The van der Waals surface area contributed by atoms with Gasteiger partial charge < -0.3 is 10.1 Å². The number of hydrogen-bond acceptors (Lipinski definition) is 4. The first-order valence-corrected chi connectivity index (χ1v) is 8.57. The zero-order chi connectivity index (χ0) is 19.2. The number of carbonyl (C=O) groups excluding carboxylic acids is 1. The predicted molar refractivity (Wildman–Crippen MR) is 104 cm³/mol. The number of aromatic nitrogens is 2. The Morgan fingerprint density at radius 1 is 1.19 bits per heavy atom. The van der Waals surface area contributed by atoms with Crippen LogP contribution in [0.1, 0.15) is 23.0 Å². The molecule has 0 fully saturated rings. The third kappa shape index (κ3) is 3.98. The van der Waals surface area contributed by atoms with E-state index >= 15 is 0 Å². The Morgan fingerprint density at radius 3 is 2.56 bits per heavy atom. The summed E-state index contributed by atoms with van der Waals surface area (Å²) in [7, 11) is 0. The van der Waals surface area contributed by atoms with Crippen LogP contribution in [0.4, 0.5) is 0 Å². The van der Waals surface area contributed by atoms with Gasteiger partial charge in [-0.1, -0.05) is 24.1 Å².